The number of hydrazine groups is 1. The number of carbonyl (C=O) groups is 1. The van der Waals surface area contributed by atoms with Crippen molar-refractivity contribution in [2.75, 3.05) is 37.0 Å². The molecule has 0 radical (unpaired) electrons. The number of nitrogens with zero attached hydrogens (tertiary/aromatic N) is 1. The number of carbonyl (C=O) groups excluding carboxylic acids is 1. The van der Waals surface area contributed by atoms with E-state index in [1.807, 2.05) is 12.1 Å². The molecule has 6 nitrogen and oxygen atoms in total. The monoisotopic (exact) mass is 370 g/mol. The molecule has 2 aromatic rings. The zero-order chi connectivity index (χ0) is 18.8. The van der Waals surface area contributed by atoms with Crippen LogP contribution in [0, 0.1) is 5.82 Å². The molecule has 0 aliphatic carbocycles. The molecule has 3 N–H and O–H groups in total. The van der Waals surface area contributed by atoms with Crippen LogP contribution in [0.15, 0.2) is 42.5 Å². The van der Waals surface area contributed by atoms with E-state index in [0.29, 0.717) is 24.6 Å². The number of anilines is 2. The molecular formula is C20H23FN4O2. The van der Waals surface area contributed by atoms with E-state index in [1.165, 1.54) is 18.7 Å². The van der Waals surface area contributed by atoms with E-state index in [1.54, 1.807) is 17.0 Å². The minimum Gasteiger partial charge on any atom is -0.492 e. The van der Waals surface area contributed by atoms with Crippen molar-refractivity contribution in [3.8, 4) is 5.75 Å². The number of halogens is 1. The maximum atomic E-state index is 13.9. The fraction of sp³-hybridized carbons (Fsp3) is 0.350. The van der Waals surface area contributed by atoms with Crippen molar-refractivity contribution in [1.29, 1.82) is 0 Å². The van der Waals surface area contributed by atoms with Crippen LogP contribution < -0.4 is 25.8 Å². The lowest BCUT2D eigenvalue weighted by Crippen LogP contribution is -2.33. The summed E-state index contributed by atoms with van der Waals surface area (Å²) in [6.07, 6.45) is 0.650. The first kappa shape index (κ1) is 17.8. The van der Waals surface area contributed by atoms with Crippen LogP contribution in [-0.2, 0) is 4.79 Å². The van der Waals surface area contributed by atoms with E-state index in [0.717, 1.165) is 18.8 Å². The van der Waals surface area contributed by atoms with Crippen LogP contribution in [0.1, 0.15) is 17.9 Å². The van der Waals surface area contributed by atoms with Crippen LogP contribution in [0.4, 0.5) is 15.8 Å². The summed E-state index contributed by atoms with van der Waals surface area (Å²) in [6.45, 7) is 2.44. The molecule has 142 valence electrons. The van der Waals surface area contributed by atoms with E-state index in [2.05, 4.69) is 28.3 Å². The largest absolute Gasteiger partial charge is 0.492 e. The highest BCUT2D eigenvalue weighted by Gasteiger charge is 2.33. The quantitative estimate of drug-likeness (QED) is 0.753. The van der Waals surface area contributed by atoms with Crippen molar-refractivity contribution in [3.63, 3.8) is 0 Å². The van der Waals surface area contributed by atoms with Crippen molar-refractivity contribution in [2.45, 2.75) is 18.4 Å². The van der Waals surface area contributed by atoms with Crippen molar-refractivity contribution in [1.82, 2.24) is 10.9 Å². The maximum Gasteiger partial charge on any atom is 0.249 e. The molecule has 2 aromatic carbocycles. The number of benzene rings is 2. The number of rotatable bonds is 5. The van der Waals surface area contributed by atoms with Gasteiger partial charge in [0.1, 0.15) is 6.04 Å². The molecule has 27 heavy (non-hydrogen) atoms. The lowest BCUT2D eigenvalue weighted by Gasteiger charge is -2.19. The average Bonchev–Trinajstić information content (AvgIpc) is 3.33. The standard InChI is InChI=1S/C20H23FN4O2/c1-27-19-16(21)3-2-4-17(19)24-18-9-10-25(20(18)26)15-7-5-13(6-8-15)14-11-22-23-12-14/h2-8,14,18,22-24H,9-12H2,1H3/t18-/m0/s1. The molecule has 2 saturated heterocycles. The first-order valence-corrected chi connectivity index (χ1v) is 9.13. The molecule has 2 aliphatic rings. The molecule has 1 amide bonds. The Morgan fingerprint density at radius 3 is 2.59 bits per heavy atom. The summed E-state index contributed by atoms with van der Waals surface area (Å²) in [7, 11) is 1.42. The number of para-hydroxylation sites is 1. The summed E-state index contributed by atoms with van der Waals surface area (Å²) < 4.78 is 19.0. The molecule has 1 atom stereocenters. The van der Waals surface area contributed by atoms with Gasteiger partial charge in [0, 0.05) is 31.2 Å². The molecule has 0 bridgehead atoms. The zero-order valence-electron chi connectivity index (χ0n) is 15.2. The average molecular weight is 370 g/mol. The predicted octanol–water partition coefficient (Wildman–Crippen LogP) is 2.24. The third-order valence-electron chi connectivity index (χ3n) is 5.20. The summed E-state index contributed by atoms with van der Waals surface area (Å²) in [5, 5.41) is 3.13. The van der Waals surface area contributed by atoms with Crippen LogP contribution in [0.3, 0.4) is 0 Å². The van der Waals surface area contributed by atoms with Gasteiger partial charge in [0.05, 0.1) is 12.8 Å². The Bertz CT molecular complexity index is 821. The first-order valence-electron chi connectivity index (χ1n) is 9.13. The van der Waals surface area contributed by atoms with Gasteiger partial charge in [0.25, 0.3) is 0 Å². The molecule has 4 rings (SSSR count). The van der Waals surface area contributed by atoms with Gasteiger partial charge in [0.15, 0.2) is 11.6 Å². The molecular weight excluding hydrogens is 347 g/mol. The third kappa shape index (κ3) is 3.48. The first-order chi connectivity index (χ1) is 13.2. The van der Waals surface area contributed by atoms with Gasteiger partial charge in [-0.25, -0.2) is 4.39 Å². The summed E-state index contributed by atoms with van der Waals surface area (Å²) in [6, 6.07) is 12.4. The van der Waals surface area contributed by atoms with E-state index < -0.39 is 11.9 Å². The van der Waals surface area contributed by atoms with Crippen molar-refractivity contribution in [3.05, 3.63) is 53.8 Å². The second-order valence-electron chi connectivity index (χ2n) is 6.85. The fourth-order valence-corrected chi connectivity index (χ4v) is 3.71. The molecule has 2 heterocycles. The summed E-state index contributed by atoms with van der Waals surface area (Å²) in [4.78, 5) is 14.6. The Labute approximate surface area is 157 Å². The highest BCUT2D eigenvalue weighted by atomic mass is 19.1. The molecule has 0 saturated carbocycles. The van der Waals surface area contributed by atoms with Crippen molar-refractivity contribution < 1.29 is 13.9 Å². The van der Waals surface area contributed by atoms with Gasteiger partial charge in [-0.1, -0.05) is 18.2 Å². The normalized spacial score (nSPS) is 20.3. The Kier molecular flexibility index (Phi) is 4.96. The fourth-order valence-electron chi connectivity index (χ4n) is 3.71. The van der Waals surface area contributed by atoms with Crippen molar-refractivity contribution in [2.24, 2.45) is 0 Å². The minimum absolute atomic E-state index is 0.0155. The molecule has 0 unspecified atom stereocenters. The number of ether oxygens (including phenoxy) is 1. The van der Waals surface area contributed by atoms with Gasteiger partial charge in [-0.2, -0.15) is 0 Å². The number of hydrogen-bond acceptors (Lipinski definition) is 5. The Hall–Kier alpha value is -2.64. The second kappa shape index (κ2) is 7.54. The molecule has 2 fully saturated rings. The molecule has 7 heteroatoms. The number of methoxy groups -OCH3 is 1. The molecule has 0 spiro atoms. The van der Waals surface area contributed by atoms with Gasteiger partial charge in [-0.15, -0.1) is 0 Å². The van der Waals surface area contributed by atoms with Gasteiger partial charge >= 0.3 is 0 Å². The van der Waals surface area contributed by atoms with Gasteiger partial charge in [-0.3, -0.25) is 15.6 Å². The van der Waals surface area contributed by atoms with Crippen LogP contribution in [0.5, 0.6) is 5.75 Å². The smallest absolute Gasteiger partial charge is 0.249 e. The molecule has 2 aliphatic heterocycles. The van der Waals surface area contributed by atoms with Crippen molar-refractivity contribution >= 4 is 17.3 Å². The van der Waals surface area contributed by atoms with Gasteiger partial charge < -0.3 is 15.0 Å². The Morgan fingerprint density at radius 2 is 1.89 bits per heavy atom. The molecule has 0 aromatic heterocycles. The minimum atomic E-state index is -0.448. The predicted molar refractivity (Wildman–Crippen MR) is 103 cm³/mol. The SMILES string of the molecule is COc1c(F)cccc1N[C@H]1CCN(c2ccc(C3CNNC3)cc2)C1=O. The van der Waals surface area contributed by atoms with E-state index in [-0.39, 0.29) is 11.7 Å². The van der Waals surface area contributed by atoms with Gasteiger partial charge in [-0.05, 0) is 36.2 Å². The number of hydrogen-bond donors (Lipinski definition) is 3. The van der Waals surface area contributed by atoms with Crippen LogP contribution in [0.25, 0.3) is 0 Å². The number of amides is 1. The zero-order valence-corrected chi connectivity index (χ0v) is 15.2. The Morgan fingerprint density at radius 1 is 1.15 bits per heavy atom. The number of nitrogens with one attached hydrogen (secondary N) is 3. The van der Waals surface area contributed by atoms with Crippen LogP contribution in [0.2, 0.25) is 0 Å². The van der Waals surface area contributed by atoms with E-state index >= 15 is 0 Å². The lowest BCUT2D eigenvalue weighted by molar-refractivity contribution is -0.117. The van der Waals surface area contributed by atoms with Gasteiger partial charge in [0.2, 0.25) is 5.91 Å². The maximum absolute atomic E-state index is 13.9. The second-order valence-corrected chi connectivity index (χ2v) is 6.85. The van der Waals surface area contributed by atoms with E-state index in [4.69, 9.17) is 4.74 Å². The van der Waals surface area contributed by atoms with Crippen LogP contribution in [-0.4, -0.2) is 38.7 Å². The van der Waals surface area contributed by atoms with E-state index in [9.17, 15) is 9.18 Å². The van der Waals surface area contributed by atoms with Crippen LogP contribution >= 0.6 is 0 Å². The highest BCUT2D eigenvalue weighted by Crippen LogP contribution is 2.31. The third-order valence-corrected chi connectivity index (χ3v) is 5.20. The summed E-state index contributed by atoms with van der Waals surface area (Å²) >= 11 is 0. The highest BCUT2D eigenvalue weighted by molar-refractivity contribution is 6.01. The Balaban J connectivity index is 1.46. The summed E-state index contributed by atoms with van der Waals surface area (Å²) in [5.74, 6) is 0.115. The summed E-state index contributed by atoms with van der Waals surface area (Å²) in [5.41, 5.74) is 8.89. The topological polar surface area (TPSA) is 65.6 Å². The lowest BCUT2D eigenvalue weighted by atomic mass is 10.00.